The molecule has 1 aromatic rings. The van der Waals surface area contributed by atoms with Crippen LogP contribution in [0.3, 0.4) is 0 Å². The van der Waals surface area contributed by atoms with Crippen LogP contribution in [0.25, 0.3) is 0 Å². The molecule has 16 heavy (non-hydrogen) atoms. The van der Waals surface area contributed by atoms with Crippen molar-refractivity contribution in [3.8, 4) is 0 Å². The molecule has 1 rings (SSSR count). The van der Waals surface area contributed by atoms with Crippen LogP contribution in [-0.4, -0.2) is 11.4 Å². The lowest BCUT2D eigenvalue weighted by Gasteiger charge is -2.20. The van der Waals surface area contributed by atoms with Crippen molar-refractivity contribution in [1.29, 1.82) is 0 Å². The minimum Gasteiger partial charge on any atom is -0.399 e. The van der Waals surface area contributed by atoms with E-state index in [1.54, 1.807) is 12.1 Å². The highest BCUT2D eigenvalue weighted by molar-refractivity contribution is 5.85. The third-order valence-corrected chi connectivity index (χ3v) is 1.86. The number of anilines is 1. The smallest absolute Gasteiger partial charge is 0.224 e. The number of carbonyl (C=O) groups excluding carboxylic acids is 1. The molecule has 0 aliphatic rings. The van der Waals surface area contributed by atoms with Gasteiger partial charge in [-0.1, -0.05) is 12.1 Å². The quantitative estimate of drug-likeness (QED) is 0.781. The number of benzene rings is 1. The van der Waals surface area contributed by atoms with Gasteiger partial charge in [0.15, 0.2) is 0 Å². The molecule has 0 aliphatic carbocycles. The summed E-state index contributed by atoms with van der Waals surface area (Å²) in [7, 11) is 0. The van der Waals surface area contributed by atoms with Crippen molar-refractivity contribution in [2.75, 3.05) is 5.73 Å². The van der Waals surface area contributed by atoms with Gasteiger partial charge in [-0.25, -0.2) is 0 Å². The summed E-state index contributed by atoms with van der Waals surface area (Å²) in [6.07, 6.45) is 0.400. The normalized spacial score (nSPS) is 10.4. The number of amides is 1. The second kappa shape index (κ2) is 5.75. The minimum atomic E-state index is -0.176. The predicted molar refractivity (Wildman–Crippen MR) is 69.7 cm³/mol. The Morgan fingerprint density at radius 1 is 1.25 bits per heavy atom. The predicted octanol–water partition coefficient (Wildman–Crippen LogP) is 2.15. The average molecular weight is 243 g/mol. The van der Waals surface area contributed by atoms with Gasteiger partial charge in [-0.05, 0) is 38.5 Å². The molecular formula is C12H19ClN2O. The Morgan fingerprint density at radius 3 is 2.19 bits per heavy atom. The number of nitrogens with one attached hydrogen (secondary N) is 1. The minimum absolute atomic E-state index is 0. The molecule has 3 N–H and O–H groups in total. The molecule has 0 aromatic heterocycles. The molecule has 1 amide bonds. The maximum atomic E-state index is 11.6. The first-order valence-electron chi connectivity index (χ1n) is 5.02. The summed E-state index contributed by atoms with van der Waals surface area (Å²) in [4.78, 5) is 11.6. The Bertz CT molecular complexity index is 341. The Hall–Kier alpha value is -1.22. The first-order chi connectivity index (χ1) is 6.87. The molecule has 0 atom stereocenters. The zero-order valence-corrected chi connectivity index (χ0v) is 10.7. The molecule has 0 bridgehead atoms. The molecule has 0 aliphatic heterocycles. The monoisotopic (exact) mass is 242 g/mol. The van der Waals surface area contributed by atoms with Crippen LogP contribution in [0.4, 0.5) is 5.69 Å². The molecule has 1 aromatic carbocycles. The number of carbonyl (C=O) groups is 1. The van der Waals surface area contributed by atoms with E-state index in [2.05, 4.69) is 5.32 Å². The number of hydrogen-bond donors (Lipinski definition) is 2. The van der Waals surface area contributed by atoms with Gasteiger partial charge in [0.2, 0.25) is 5.91 Å². The molecule has 0 radical (unpaired) electrons. The van der Waals surface area contributed by atoms with Gasteiger partial charge in [-0.3, -0.25) is 4.79 Å². The van der Waals surface area contributed by atoms with Gasteiger partial charge in [-0.15, -0.1) is 12.4 Å². The molecule has 0 saturated carbocycles. The van der Waals surface area contributed by atoms with Crippen LogP contribution in [0.2, 0.25) is 0 Å². The van der Waals surface area contributed by atoms with Crippen molar-refractivity contribution >= 4 is 24.0 Å². The summed E-state index contributed by atoms with van der Waals surface area (Å²) in [5.74, 6) is 0.0345. The molecule has 0 saturated heterocycles. The van der Waals surface area contributed by atoms with E-state index in [1.165, 1.54) is 0 Å². The topological polar surface area (TPSA) is 55.1 Å². The van der Waals surface area contributed by atoms with Gasteiger partial charge >= 0.3 is 0 Å². The van der Waals surface area contributed by atoms with Crippen molar-refractivity contribution in [1.82, 2.24) is 5.32 Å². The van der Waals surface area contributed by atoms with Crippen molar-refractivity contribution in [3.63, 3.8) is 0 Å². The molecule has 0 heterocycles. The number of hydrogen-bond acceptors (Lipinski definition) is 2. The van der Waals surface area contributed by atoms with Crippen LogP contribution in [0, 0.1) is 0 Å². The molecular weight excluding hydrogens is 224 g/mol. The van der Waals surface area contributed by atoms with Gasteiger partial charge in [0.25, 0.3) is 0 Å². The standard InChI is InChI=1S/C12H18N2O.ClH/c1-12(2,3)14-11(15)8-9-4-6-10(13)7-5-9;/h4-7H,8,13H2,1-3H3,(H,14,15);1H. The van der Waals surface area contributed by atoms with Gasteiger partial charge in [0.1, 0.15) is 0 Å². The fourth-order valence-electron chi connectivity index (χ4n) is 1.28. The first-order valence-corrected chi connectivity index (χ1v) is 5.02. The van der Waals surface area contributed by atoms with Gasteiger partial charge in [0.05, 0.1) is 6.42 Å². The fraction of sp³-hybridized carbons (Fsp3) is 0.417. The second-order valence-corrected chi connectivity index (χ2v) is 4.72. The van der Waals surface area contributed by atoms with Crippen LogP contribution < -0.4 is 11.1 Å². The van der Waals surface area contributed by atoms with Gasteiger partial charge < -0.3 is 11.1 Å². The van der Waals surface area contributed by atoms with E-state index in [-0.39, 0.29) is 23.9 Å². The maximum Gasteiger partial charge on any atom is 0.224 e. The number of nitrogen functional groups attached to an aromatic ring is 1. The Labute approximate surface area is 103 Å². The zero-order chi connectivity index (χ0) is 11.5. The highest BCUT2D eigenvalue weighted by Crippen LogP contribution is 2.07. The Balaban J connectivity index is 0.00000225. The van der Waals surface area contributed by atoms with Crippen LogP contribution in [0.15, 0.2) is 24.3 Å². The van der Waals surface area contributed by atoms with E-state index in [4.69, 9.17) is 5.73 Å². The lowest BCUT2D eigenvalue weighted by molar-refractivity contribution is -0.121. The summed E-state index contributed by atoms with van der Waals surface area (Å²) in [6, 6.07) is 7.36. The van der Waals surface area contributed by atoms with E-state index in [0.717, 1.165) is 11.3 Å². The van der Waals surface area contributed by atoms with E-state index in [1.807, 2.05) is 32.9 Å². The van der Waals surface area contributed by atoms with E-state index in [9.17, 15) is 4.79 Å². The van der Waals surface area contributed by atoms with Crippen molar-refractivity contribution in [2.24, 2.45) is 0 Å². The highest BCUT2D eigenvalue weighted by Gasteiger charge is 2.13. The van der Waals surface area contributed by atoms with E-state index >= 15 is 0 Å². The van der Waals surface area contributed by atoms with Gasteiger partial charge in [0, 0.05) is 11.2 Å². The molecule has 3 nitrogen and oxygen atoms in total. The second-order valence-electron chi connectivity index (χ2n) is 4.72. The largest absolute Gasteiger partial charge is 0.399 e. The molecule has 0 fully saturated rings. The maximum absolute atomic E-state index is 11.6. The summed E-state index contributed by atoms with van der Waals surface area (Å²) in [5, 5.41) is 2.91. The molecule has 0 unspecified atom stereocenters. The summed E-state index contributed by atoms with van der Waals surface area (Å²) in [6.45, 7) is 5.90. The zero-order valence-electron chi connectivity index (χ0n) is 9.91. The third kappa shape index (κ3) is 5.61. The number of halogens is 1. The third-order valence-electron chi connectivity index (χ3n) is 1.86. The SMILES string of the molecule is CC(C)(C)NC(=O)Cc1ccc(N)cc1.Cl. The Kier molecular flexibility index (Phi) is 5.31. The fourth-order valence-corrected chi connectivity index (χ4v) is 1.28. The lowest BCUT2D eigenvalue weighted by atomic mass is 10.1. The number of nitrogens with two attached hydrogens (primary N) is 1. The number of rotatable bonds is 2. The van der Waals surface area contributed by atoms with E-state index < -0.39 is 0 Å². The van der Waals surface area contributed by atoms with Crippen LogP contribution in [-0.2, 0) is 11.2 Å². The van der Waals surface area contributed by atoms with Gasteiger partial charge in [-0.2, -0.15) is 0 Å². The summed E-state index contributed by atoms with van der Waals surface area (Å²) >= 11 is 0. The van der Waals surface area contributed by atoms with Crippen molar-refractivity contribution < 1.29 is 4.79 Å². The summed E-state index contributed by atoms with van der Waals surface area (Å²) < 4.78 is 0. The average Bonchev–Trinajstić information content (AvgIpc) is 2.05. The highest BCUT2D eigenvalue weighted by atomic mass is 35.5. The van der Waals surface area contributed by atoms with Crippen LogP contribution in [0.1, 0.15) is 26.3 Å². The molecule has 0 spiro atoms. The summed E-state index contributed by atoms with van der Waals surface area (Å²) in [5.41, 5.74) is 7.08. The van der Waals surface area contributed by atoms with Crippen LogP contribution in [0.5, 0.6) is 0 Å². The molecule has 4 heteroatoms. The lowest BCUT2D eigenvalue weighted by Crippen LogP contribution is -2.41. The van der Waals surface area contributed by atoms with E-state index in [0.29, 0.717) is 6.42 Å². The Morgan fingerprint density at radius 2 is 1.75 bits per heavy atom. The van der Waals surface area contributed by atoms with Crippen molar-refractivity contribution in [2.45, 2.75) is 32.7 Å². The van der Waals surface area contributed by atoms with Crippen molar-refractivity contribution in [3.05, 3.63) is 29.8 Å². The molecule has 90 valence electrons. The van der Waals surface area contributed by atoms with Crippen LogP contribution >= 0.6 is 12.4 Å². The first kappa shape index (κ1) is 14.8.